The Kier molecular flexibility index (Phi) is 3.65. The smallest absolute Gasteiger partial charge is 0.128 e. The van der Waals surface area contributed by atoms with Crippen LogP contribution in [-0.4, -0.2) is 9.78 Å². The Morgan fingerprint density at radius 1 is 1.33 bits per heavy atom. The van der Waals surface area contributed by atoms with Crippen molar-refractivity contribution >= 4 is 5.69 Å². The summed E-state index contributed by atoms with van der Waals surface area (Å²) in [6.07, 6.45) is 0.924. The van der Waals surface area contributed by atoms with E-state index in [-0.39, 0.29) is 5.82 Å². The predicted molar refractivity (Wildman–Crippen MR) is 71.0 cm³/mol. The molecular weight excluding hydrogens is 229 g/mol. The van der Waals surface area contributed by atoms with Crippen LogP contribution in [0.1, 0.15) is 23.9 Å². The maximum Gasteiger partial charge on any atom is 0.128 e. The summed E-state index contributed by atoms with van der Waals surface area (Å²) in [6.45, 7) is 4.48. The Hall–Kier alpha value is -1.84. The zero-order chi connectivity index (χ0) is 13.1. The van der Waals surface area contributed by atoms with Crippen LogP contribution in [0.2, 0.25) is 0 Å². The molecular formula is C14H18FN3. The molecule has 0 fully saturated rings. The van der Waals surface area contributed by atoms with Gasteiger partial charge in [0.2, 0.25) is 0 Å². The number of nitrogens with one attached hydrogen (secondary N) is 1. The first-order chi connectivity index (χ1) is 8.60. The topological polar surface area (TPSA) is 29.9 Å². The Morgan fingerprint density at radius 3 is 2.72 bits per heavy atom. The molecule has 0 atom stereocenters. The minimum Gasteiger partial charge on any atom is -0.379 e. The van der Waals surface area contributed by atoms with Crippen molar-refractivity contribution in [1.82, 2.24) is 9.78 Å². The lowest BCUT2D eigenvalue weighted by atomic mass is 10.2. The average molecular weight is 247 g/mol. The van der Waals surface area contributed by atoms with Gasteiger partial charge in [0.1, 0.15) is 5.82 Å². The minimum atomic E-state index is -0.181. The fourth-order valence-corrected chi connectivity index (χ4v) is 1.81. The fraction of sp³-hybridized carbons (Fsp3) is 0.357. The van der Waals surface area contributed by atoms with Gasteiger partial charge in [0.15, 0.2) is 0 Å². The van der Waals surface area contributed by atoms with Crippen LogP contribution in [0, 0.1) is 12.7 Å². The van der Waals surface area contributed by atoms with E-state index >= 15 is 0 Å². The molecule has 0 amide bonds. The highest BCUT2D eigenvalue weighted by molar-refractivity contribution is 5.45. The SMILES string of the molecule is CCc1cc(CNc2ccc(C)c(F)c2)n(C)n1. The van der Waals surface area contributed by atoms with E-state index in [2.05, 4.69) is 23.4 Å². The quantitative estimate of drug-likeness (QED) is 0.900. The van der Waals surface area contributed by atoms with Crippen LogP contribution in [0.15, 0.2) is 24.3 Å². The van der Waals surface area contributed by atoms with E-state index in [1.54, 1.807) is 13.0 Å². The first-order valence-electron chi connectivity index (χ1n) is 6.12. The minimum absolute atomic E-state index is 0.181. The summed E-state index contributed by atoms with van der Waals surface area (Å²) in [7, 11) is 1.92. The molecule has 4 heteroatoms. The third-order valence-electron chi connectivity index (χ3n) is 3.04. The van der Waals surface area contributed by atoms with Gasteiger partial charge in [-0.05, 0) is 37.1 Å². The normalized spacial score (nSPS) is 10.7. The lowest BCUT2D eigenvalue weighted by Crippen LogP contribution is -2.05. The van der Waals surface area contributed by atoms with Gasteiger partial charge in [-0.1, -0.05) is 13.0 Å². The summed E-state index contributed by atoms with van der Waals surface area (Å²) in [5.74, 6) is -0.181. The van der Waals surface area contributed by atoms with Crippen LogP contribution in [0.4, 0.5) is 10.1 Å². The lowest BCUT2D eigenvalue weighted by molar-refractivity contribution is 0.619. The second-order valence-corrected chi connectivity index (χ2v) is 4.42. The largest absolute Gasteiger partial charge is 0.379 e. The summed E-state index contributed by atoms with van der Waals surface area (Å²) in [5.41, 5.74) is 3.61. The third-order valence-corrected chi connectivity index (χ3v) is 3.04. The standard InChI is InChI=1S/C14H18FN3/c1-4-11-7-13(18(3)17-11)9-16-12-6-5-10(2)14(15)8-12/h5-8,16H,4,9H2,1-3H3. The van der Waals surface area contributed by atoms with E-state index < -0.39 is 0 Å². The Balaban J connectivity index is 2.06. The molecule has 2 rings (SSSR count). The fourth-order valence-electron chi connectivity index (χ4n) is 1.81. The molecule has 0 spiro atoms. The Bertz CT molecular complexity index is 546. The molecule has 2 aromatic rings. The van der Waals surface area contributed by atoms with Crippen LogP contribution in [0.3, 0.4) is 0 Å². The second-order valence-electron chi connectivity index (χ2n) is 4.42. The van der Waals surface area contributed by atoms with Gasteiger partial charge in [0.05, 0.1) is 17.9 Å². The number of aryl methyl sites for hydroxylation is 3. The molecule has 0 aliphatic carbocycles. The van der Waals surface area contributed by atoms with Gasteiger partial charge in [0.25, 0.3) is 0 Å². The Morgan fingerprint density at radius 2 is 2.11 bits per heavy atom. The summed E-state index contributed by atoms with van der Waals surface area (Å²) >= 11 is 0. The van der Waals surface area contributed by atoms with E-state index in [1.807, 2.05) is 17.8 Å². The highest BCUT2D eigenvalue weighted by atomic mass is 19.1. The van der Waals surface area contributed by atoms with Gasteiger partial charge >= 0.3 is 0 Å². The van der Waals surface area contributed by atoms with Crippen molar-refractivity contribution in [3.05, 3.63) is 47.0 Å². The summed E-state index contributed by atoms with van der Waals surface area (Å²) < 4.78 is 15.2. The van der Waals surface area contributed by atoms with Gasteiger partial charge in [0, 0.05) is 12.7 Å². The van der Waals surface area contributed by atoms with Crippen molar-refractivity contribution in [2.24, 2.45) is 7.05 Å². The van der Waals surface area contributed by atoms with Crippen molar-refractivity contribution in [2.75, 3.05) is 5.32 Å². The second kappa shape index (κ2) is 5.21. The molecule has 0 saturated heterocycles. The zero-order valence-corrected chi connectivity index (χ0v) is 11.0. The van der Waals surface area contributed by atoms with Gasteiger partial charge in [-0.2, -0.15) is 5.10 Å². The number of anilines is 1. The van der Waals surface area contributed by atoms with Crippen molar-refractivity contribution in [1.29, 1.82) is 0 Å². The van der Waals surface area contributed by atoms with Crippen LogP contribution in [0.5, 0.6) is 0 Å². The summed E-state index contributed by atoms with van der Waals surface area (Å²) in [5, 5.41) is 7.58. The molecule has 0 bridgehead atoms. The number of hydrogen-bond acceptors (Lipinski definition) is 2. The molecule has 3 nitrogen and oxygen atoms in total. The van der Waals surface area contributed by atoms with Crippen molar-refractivity contribution in [3.63, 3.8) is 0 Å². The zero-order valence-electron chi connectivity index (χ0n) is 11.0. The molecule has 96 valence electrons. The Labute approximate surface area is 107 Å². The van der Waals surface area contributed by atoms with Crippen molar-refractivity contribution in [3.8, 4) is 0 Å². The number of nitrogens with zero attached hydrogens (tertiary/aromatic N) is 2. The number of halogens is 1. The number of benzene rings is 1. The van der Waals surface area contributed by atoms with Crippen LogP contribution >= 0.6 is 0 Å². The van der Waals surface area contributed by atoms with Gasteiger partial charge < -0.3 is 5.32 Å². The molecule has 0 radical (unpaired) electrons. The van der Waals surface area contributed by atoms with Crippen molar-refractivity contribution < 1.29 is 4.39 Å². The molecule has 1 aromatic heterocycles. The molecule has 0 aliphatic heterocycles. The van der Waals surface area contributed by atoms with Gasteiger partial charge in [-0.25, -0.2) is 4.39 Å². The van der Waals surface area contributed by atoms with E-state index in [9.17, 15) is 4.39 Å². The van der Waals surface area contributed by atoms with E-state index in [4.69, 9.17) is 0 Å². The molecule has 0 unspecified atom stereocenters. The highest BCUT2D eigenvalue weighted by Gasteiger charge is 2.04. The summed E-state index contributed by atoms with van der Waals surface area (Å²) in [4.78, 5) is 0. The van der Waals surface area contributed by atoms with Crippen LogP contribution < -0.4 is 5.32 Å². The third kappa shape index (κ3) is 2.70. The van der Waals surface area contributed by atoms with Gasteiger partial charge in [-0.3, -0.25) is 4.68 Å². The molecule has 1 N–H and O–H groups in total. The molecule has 18 heavy (non-hydrogen) atoms. The maximum absolute atomic E-state index is 13.4. The number of rotatable bonds is 4. The predicted octanol–water partition coefficient (Wildman–Crippen LogP) is 3.04. The van der Waals surface area contributed by atoms with Gasteiger partial charge in [-0.15, -0.1) is 0 Å². The van der Waals surface area contributed by atoms with E-state index in [0.29, 0.717) is 12.1 Å². The number of hydrogen-bond donors (Lipinski definition) is 1. The molecule has 1 heterocycles. The monoisotopic (exact) mass is 247 g/mol. The van der Waals surface area contributed by atoms with Crippen molar-refractivity contribution in [2.45, 2.75) is 26.8 Å². The molecule has 1 aromatic carbocycles. The van der Waals surface area contributed by atoms with E-state index in [0.717, 1.165) is 23.5 Å². The number of aromatic nitrogens is 2. The first kappa shape index (κ1) is 12.6. The van der Waals surface area contributed by atoms with E-state index in [1.165, 1.54) is 6.07 Å². The maximum atomic E-state index is 13.4. The average Bonchev–Trinajstić information content (AvgIpc) is 2.72. The highest BCUT2D eigenvalue weighted by Crippen LogP contribution is 2.15. The summed E-state index contributed by atoms with van der Waals surface area (Å²) in [6, 6.07) is 7.25. The molecule has 0 aliphatic rings. The first-order valence-corrected chi connectivity index (χ1v) is 6.12. The van der Waals surface area contributed by atoms with Crippen LogP contribution in [-0.2, 0) is 20.0 Å². The lowest BCUT2D eigenvalue weighted by Gasteiger charge is -2.07. The van der Waals surface area contributed by atoms with Crippen LogP contribution in [0.25, 0.3) is 0 Å². The molecule has 0 saturated carbocycles.